The minimum atomic E-state index is -3.35. The molecule has 3 aromatic rings. The fourth-order valence-electron chi connectivity index (χ4n) is 3.45. The molecule has 1 saturated heterocycles. The van der Waals surface area contributed by atoms with E-state index in [-0.39, 0.29) is 17.2 Å². The first-order chi connectivity index (χ1) is 14.2. The number of benzene rings is 2. The van der Waals surface area contributed by atoms with Crippen molar-refractivity contribution in [3.63, 3.8) is 0 Å². The van der Waals surface area contributed by atoms with Gasteiger partial charge in [-0.05, 0) is 44.0 Å². The molecule has 2 N–H and O–H groups in total. The maximum Gasteiger partial charge on any atom is 0.267 e. The Morgan fingerprint density at radius 3 is 2.70 bits per heavy atom. The lowest BCUT2D eigenvalue weighted by molar-refractivity contribution is 0.103. The Balaban J connectivity index is 1.57. The van der Waals surface area contributed by atoms with Crippen LogP contribution >= 0.6 is 11.3 Å². The summed E-state index contributed by atoms with van der Waals surface area (Å²) in [7, 11) is -3.35. The number of phenols is 1. The minimum absolute atomic E-state index is 0.0949. The van der Waals surface area contributed by atoms with Crippen LogP contribution in [0.1, 0.15) is 27.2 Å². The monoisotopic (exact) mass is 443 g/mol. The van der Waals surface area contributed by atoms with Crippen molar-refractivity contribution in [3.05, 3.63) is 58.6 Å². The lowest BCUT2D eigenvalue weighted by Gasteiger charge is -2.18. The summed E-state index contributed by atoms with van der Waals surface area (Å²) < 4.78 is 25.6. The third kappa shape index (κ3) is 3.90. The van der Waals surface area contributed by atoms with Crippen LogP contribution in [0, 0.1) is 13.8 Å². The number of nitrogens with one attached hydrogen (secondary N) is 1. The standard InChI is InChI=1S/C21H21N3O4S2/c1-13-4-6-16(14(2)10-13)21-22-12-19(29-21)20(26)23-17-11-15(5-7-18(17)25)24-8-3-9-30(24,27)28/h4-7,10-12,25H,3,8-9H2,1-2H3,(H,23,26). The van der Waals surface area contributed by atoms with Gasteiger partial charge in [-0.3, -0.25) is 9.10 Å². The molecule has 0 radical (unpaired) electrons. The molecule has 2 heterocycles. The Kier molecular flexibility index (Phi) is 5.25. The maximum atomic E-state index is 12.7. The molecule has 1 fully saturated rings. The molecular formula is C21H21N3O4S2. The summed E-state index contributed by atoms with van der Waals surface area (Å²) in [5.74, 6) is -0.458. The summed E-state index contributed by atoms with van der Waals surface area (Å²) in [4.78, 5) is 17.5. The molecule has 0 bridgehead atoms. The van der Waals surface area contributed by atoms with Gasteiger partial charge in [-0.1, -0.05) is 23.8 Å². The predicted molar refractivity (Wildman–Crippen MR) is 119 cm³/mol. The van der Waals surface area contributed by atoms with Crippen molar-refractivity contribution in [3.8, 4) is 16.3 Å². The van der Waals surface area contributed by atoms with E-state index in [2.05, 4.69) is 16.4 Å². The average molecular weight is 444 g/mol. The third-order valence-electron chi connectivity index (χ3n) is 4.96. The number of rotatable bonds is 4. The Bertz CT molecular complexity index is 1230. The van der Waals surface area contributed by atoms with Gasteiger partial charge in [0.25, 0.3) is 5.91 Å². The van der Waals surface area contributed by atoms with Gasteiger partial charge in [0.1, 0.15) is 15.6 Å². The van der Waals surface area contributed by atoms with E-state index in [0.717, 1.165) is 21.7 Å². The fraction of sp³-hybridized carbons (Fsp3) is 0.238. The second-order valence-corrected chi connectivity index (χ2v) is 10.3. The second kappa shape index (κ2) is 7.73. The first kappa shape index (κ1) is 20.4. The molecule has 0 spiro atoms. The molecule has 0 unspecified atom stereocenters. The third-order valence-corrected chi connectivity index (χ3v) is 7.86. The van der Waals surface area contributed by atoms with Gasteiger partial charge in [-0.25, -0.2) is 13.4 Å². The van der Waals surface area contributed by atoms with E-state index in [1.165, 1.54) is 40.0 Å². The van der Waals surface area contributed by atoms with Crippen molar-refractivity contribution in [2.45, 2.75) is 20.3 Å². The number of aryl methyl sites for hydroxylation is 2. The van der Waals surface area contributed by atoms with Crippen molar-refractivity contribution < 1.29 is 18.3 Å². The molecule has 156 valence electrons. The number of hydrogen-bond acceptors (Lipinski definition) is 6. The zero-order valence-corrected chi connectivity index (χ0v) is 18.2. The highest BCUT2D eigenvalue weighted by molar-refractivity contribution is 7.93. The van der Waals surface area contributed by atoms with E-state index in [9.17, 15) is 18.3 Å². The van der Waals surface area contributed by atoms with Gasteiger partial charge in [-0.2, -0.15) is 0 Å². The fourth-order valence-corrected chi connectivity index (χ4v) is 5.91. The van der Waals surface area contributed by atoms with Crippen LogP contribution in [0.5, 0.6) is 5.75 Å². The molecule has 0 aliphatic carbocycles. The first-order valence-corrected chi connectivity index (χ1v) is 11.9. The molecule has 1 aliphatic heterocycles. The van der Waals surface area contributed by atoms with Crippen molar-refractivity contribution >= 4 is 38.6 Å². The molecule has 1 amide bonds. The van der Waals surface area contributed by atoms with Crippen LogP contribution < -0.4 is 9.62 Å². The largest absolute Gasteiger partial charge is 0.506 e. The number of aromatic hydroxyl groups is 1. The van der Waals surface area contributed by atoms with Gasteiger partial charge < -0.3 is 10.4 Å². The summed E-state index contributed by atoms with van der Waals surface area (Å²) in [6.45, 7) is 4.40. The number of nitrogens with zero attached hydrogens (tertiary/aromatic N) is 2. The van der Waals surface area contributed by atoms with E-state index in [1.54, 1.807) is 0 Å². The first-order valence-electron chi connectivity index (χ1n) is 9.43. The number of amides is 1. The Labute approximate surface area is 179 Å². The van der Waals surface area contributed by atoms with Crippen molar-refractivity contribution in [2.24, 2.45) is 0 Å². The molecule has 2 aromatic carbocycles. The number of carbonyl (C=O) groups is 1. The molecule has 0 atom stereocenters. The molecule has 7 nitrogen and oxygen atoms in total. The molecule has 9 heteroatoms. The second-order valence-electron chi connectivity index (χ2n) is 7.25. The van der Waals surface area contributed by atoms with E-state index in [4.69, 9.17) is 0 Å². The quantitative estimate of drug-likeness (QED) is 0.595. The van der Waals surface area contributed by atoms with Gasteiger partial charge in [0.15, 0.2) is 0 Å². The normalized spacial score (nSPS) is 15.3. The molecule has 0 saturated carbocycles. The van der Waals surface area contributed by atoms with Crippen molar-refractivity contribution in [1.82, 2.24) is 4.98 Å². The minimum Gasteiger partial charge on any atom is -0.506 e. The smallest absolute Gasteiger partial charge is 0.267 e. The zero-order chi connectivity index (χ0) is 21.5. The lowest BCUT2D eigenvalue weighted by atomic mass is 10.1. The van der Waals surface area contributed by atoms with Crippen molar-refractivity contribution in [2.75, 3.05) is 21.9 Å². The summed E-state index contributed by atoms with van der Waals surface area (Å²) in [6.07, 6.45) is 2.05. The van der Waals surface area contributed by atoms with Crippen LogP contribution in [0.4, 0.5) is 11.4 Å². The molecule has 1 aromatic heterocycles. The zero-order valence-electron chi connectivity index (χ0n) is 16.5. The summed E-state index contributed by atoms with van der Waals surface area (Å²) in [5, 5.41) is 13.6. The lowest BCUT2D eigenvalue weighted by Crippen LogP contribution is -2.25. The summed E-state index contributed by atoms with van der Waals surface area (Å²) in [6, 6.07) is 10.4. The van der Waals surface area contributed by atoms with Crippen LogP contribution in [0.3, 0.4) is 0 Å². The van der Waals surface area contributed by atoms with Gasteiger partial charge in [0, 0.05) is 12.1 Å². The number of sulfonamides is 1. The van der Waals surface area contributed by atoms with Crippen LogP contribution in [-0.4, -0.2) is 36.7 Å². The summed E-state index contributed by atoms with van der Waals surface area (Å²) in [5.41, 5.74) is 3.77. The number of aromatic nitrogens is 1. The molecular weight excluding hydrogens is 422 g/mol. The van der Waals surface area contributed by atoms with E-state index >= 15 is 0 Å². The Morgan fingerprint density at radius 1 is 1.20 bits per heavy atom. The van der Waals surface area contributed by atoms with Crippen LogP contribution in [0.15, 0.2) is 42.6 Å². The molecule has 1 aliphatic rings. The van der Waals surface area contributed by atoms with E-state index in [1.807, 2.05) is 26.0 Å². The van der Waals surface area contributed by atoms with Gasteiger partial charge in [0.05, 0.1) is 23.3 Å². The van der Waals surface area contributed by atoms with E-state index in [0.29, 0.717) is 23.5 Å². The summed E-state index contributed by atoms with van der Waals surface area (Å²) >= 11 is 1.26. The Morgan fingerprint density at radius 2 is 2.00 bits per heavy atom. The molecule has 30 heavy (non-hydrogen) atoms. The SMILES string of the molecule is Cc1ccc(-c2ncc(C(=O)Nc3cc(N4CCCS4(=O)=O)ccc3O)s2)c(C)c1. The predicted octanol–water partition coefficient (Wildman–Crippen LogP) is 3.92. The number of hydrogen-bond donors (Lipinski definition) is 2. The van der Waals surface area contributed by atoms with Crippen LogP contribution in [0.2, 0.25) is 0 Å². The van der Waals surface area contributed by atoms with Gasteiger partial charge in [0.2, 0.25) is 10.0 Å². The van der Waals surface area contributed by atoms with E-state index < -0.39 is 15.9 Å². The number of thiazole rings is 1. The van der Waals surface area contributed by atoms with Gasteiger partial charge >= 0.3 is 0 Å². The highest BCUT2D eigenvalue weighted by atomic mass is 32.2. The van der Waals surface area contributed by atoms with Crippen molar-refractivity contribution in [1.29, 1.82) is 0 Å². The van der Waals surface area contributed by atoms with Crippen LogP contribution in [-0.2, 0) is 10.0 Å². The number of anilines is 2. The number of phenolic OH excluding ortho intramolecular Hbond substituents is 1. The maximum absolute atomic E-state index is 12.7. The molecule has 4 rings (SSSR count). The number of carbonyl (C=O) groups excluding carboxylic acids is 1. The Hall–Kier alpha value is -2.91. The van der Waals surface area contributed by atoms with Gasteiger partial charge in [-0.15, -0.1) is 11.3 Å². The highest BCUT2D eigenvalue weighted by Crippen LogP contribution is 2.33. The topological polar surface area (TPSA) is 99.6 Å². The van der Waals surface area contributed by atoms with Crippen LogP contribution in [0.25, 0.3) is 10.6 Å². The highest BCUT2D eigenvalue weighted by Gasteiger charge is 2.29. The average Bonchev–Trinajstić information content (AvgIpc) is 3.30.